The predicted molar refractivity (Wildman–Crippen MR) is 91.7 cm³/mol. The topological polar surface area (TPSA) is 29.3 Å². The first-order chi connectivity index (χ1) is 10.2. The van der Waals surface area contributed by atoms with Crippen molar-refractivity contribution in [3.05, 3.63) is 65.7 Å². The van der Waals surface area contributed by atoms with Crippen molar-refractivity contribution in [1.82, 2.24) is 0 Å². The van der Waals surface area contributed by atoms with Crippen LogP contribution in [0.2, 0.25) is 0 Å². The van der Waals surface area contributed by atoms with Crippen molar-refractivity contribution >= 4 is 5.69 Å². The Balaban J connectivity index is 2.11. The highest BCUT2D eigenvalue weighted by atomic mass is 15.1. The lowest BCUT2D eigenvalue weighted by Gasteiger charge is -2.25. The Labute approximate surface area is 128 Å². The minimum Gasteiger partial charge on any atom is -0.367 e. The SMILES string of the molecule is CC(C)c1ccc(CN(CCCN)c2ccccc2)cc1. The number of benzene rings is 2. The average molecular weight is 282 g/mol. The van der Waals surface area contributed by atoms with Gasteiger partial charge in [0.15, 0.2) is 0 Å². The fourth-order valence-corrected chi connectivity index (χ4v) is 2.45. The molecule has 2 aromatic rings. The molecule has 2 nitrogen and oxygen atoms in total. The molecule has 0 saturated carbocycles. The molecule has 0 heterocycles. The van der Waals surface area contributed by atoms with Gasteiger partial charge < -0.3 is 10.6 Å². The molecule has 0 radical (unpaired) electrons. The van der Waals surface area contributed by atoms with Crippen LogP contribution in [0.5, 0.6) is 0 Å². The van der Waals surface area contributed by atoms with Crippen LogP contribution in [0.25, 0.3) is 0 Å². The van der Waals surface area contributed by atoms with Crippen LogP contribution in [0.3, 0.4) is 0 Å². The van der Waals surface area contributed by atoms with Gasteiger partial charge in [0.2, 0.25) is 0 Å². The summed E-state index contributed by atoms with van der Waals surface area (Å²) >= 11 is 0. The fourth-order valence-electron chi connectivity index (χ4n) is 2.45. The molecule has 0 aliphatic carbocycles. The van der Waals surface area contributed by atoms with Gasteiger partial charge in [0.25, 0.3) is 0 Å². The Kier molecular flexibility index (Phi) is 5.82. The Morgan fingerprint density at radius 3 is 2.19 bits per heavy atom. The van der Waals surface area contributed by atoms with Crippen molar-refractivity contribution in [3.63, 3.8) is 0 Å². The number of rotatable bonds is 7. The molecule has 21 heavy (non-hydrogen) atoms. The lowest BCUT2D eigenvalue weighted by molar-refractivity contribution is 0.735. The first kappa shape index (κ1) is 15.6. The van der Waals surface area contributed by atoms with E-state index in [0.717, 1.165) is 26.1 Å². The van der Waals surface area contributed by atoms with Gasteiger partial charge in [-0.05, 0) is 42.1 Å². The summed E-state index contributed by atoms with van der Waals surface area (Å²) in [7, 11) is 0. The van der Waals surface area contributed by atoms with Crippen LogP contribution >= 0.6 is 0 Å². The highest BCUT2D eigenvalue weighted by Gasteiger charge is 2.07. The molecule has 2 N–H and O–H groups in total. The molecule has 0 aromatic heterocycles. The number of nitrogens with zero attached hydrogens (tertiary/aromatic N) is 1. The van der Waals surface area contributed by atoms with E-state index in [1.54, 1.807) is 0 Å². The van der Waals surface area contributed by atoms with Crippen LogP contribution in [0, 0.1) is 0 Å². The zero-order chi connectivity index (χ0) is 15.1. The summed E-state index contributed by atoms with van der Waals surface area (Å²) in [6, 6.07) is 19.5. The third kappa shape index (κ3) is 4.61. The number of anilines is 1. The molecule has 112 valence electrons. The Hall–Kier alpha value is -1.80. The molecular weight excluding hydrogens is 256 g/mol. The lowest BCUT2D eigenvalue weighted by atomic mass is 10.0. The second-order valence-corrected chi connectivity index (χ2v) is 5.80. The highest BCUT2D eigenvalue weighted by molar-refractivity contribution is 5.46. The molecule has 0 spiro atoms. The summed E-state index contributed by atoms with van der Waals surface area (Å²) in [6.07, 6.45) is 1.01. The van der Waals surface area contributed by atoms with Crippen molar-refractivity contribution < 1.29 is 0 Å². The van der Waals surface area contributed by atoms with Gasteiger partial charge in [-0.3, -0.25) is 0 Å². The van der Waals surface area contributed by atoms with Crippen molar-refractivity contribution in [2.45, 2.75) is 32.7 Å². The number of nitrogens with two attached hydrogens (primary N) is 1. The summed E-state index contributed by atoms with van der Waals surface area (Å²) in [5, 5.41) is 0. The number of para-hydroxylation sites is 1. The van der Waals surface area contributed by atoms with Gasteiger partial charge in [0.05, 0.1) is 0 Å². The summed E-state index contributed by atoms with van der Waals surface area (Å²) in [6.45, 7) is 7.11. The third-order valence-corrected chi connectivity index (χ3v) is 3.77. The molecule has 0 bridgehead atoms. The lowest BCUT2D eigenvalue weighted by Crippen LogP contribution is -2.25. The van der Waals surface area contributed by atoms with Crippen molar-refractivity contribution in [3.8, 4) is 0 Å². The monoisotopic (exact) mass is 282 g/mol. The fraction of sp³-hybridized carbons (Fsp3) is 0.368. The van der Waals surface area contributed by atoms with E-state index in [1.807, 2.05) is 0 Å². The van der Waals surface area contributed by atoms with Crippen LogP contribution in [-0.2, 0) is 6.54 Å². The quantitative estimate of drug-likeness (QED) is 0.826. The minimum absolute atomic E-state index is 0.585. The Morgan fingerprint density at radius 2 is 1.62 bits per heavy atom. The van der Waals surface area contributed by atoms with Crippen LogP contribution in [0.1, 0.15) is 37.3 Å². The van der Waals surface area contributed by atoms with Crippen molar-refractivity contribution in [2.75, 3.05) is 18.0 Å². The Bertz CT molecular complexity index is 517. The maximum absolute atomic E-state index is 5.67. The summed E-state index contributed by atoms with van der Waals surface area (Å²) < 4.78 is 0. The predicted octanol–water partition coefficient (Wildman–Crippen LogP) is 4.17. The van der Waals surface area contributed by atoms with E-state index in [1.165, 1.54) is 16.8 Å². The van der Waals surface area contributed by atoms with Gasteiger partial charge >= 0.3 is 0 Å². The second kappa shape index (κ2) is 7.84. The Morgan fingerprint density at radius 1 is 0.952 bits per heavy atom. The standard InChI is InChI=1S/C19H26N2/c1-16(2)18-11-9-17(10-12-18)15-21(14-6-13-20)19-7-4-3-5-8-19/h3-5,7-12,16H,6,13-15,20H2,1-2H3. The number of hydrogen-bond acceptors (Lipinski definition) is 2. The van der Waals surface area contributed by atoms with E-state index in [-0.39, 0.29) is 0 Å². The molecular formula is C19H26N2. The zero-order valence-electron chi connectivity index (χ0n) is 13.1. The van der Waals surface area contributed by atoms with Gasteiger partial charge in [0.1, 0.15) is 0 Å². The first-order valence-electron chi connectivity index (χ1n) is 7.79. The van der Waals surface area contributed by atoms with Crippen LogP contribution in [-0.4, -0.2) is 13.1 Å². The summed E-state index contributed by atoms with van der Waals surface area (Å²) in [5.74, 6) is 0.585. The maximum atomic E-state index is 5.67. The molecule has 2 rings (SSSR count). The molecule has 2 heteroatoms. The smallest absolute Gasteiger partial charge is 0.0429 e. The summed E-state index contributed by atoms with van der Waals surface area (Å²) in [5.41, 5.74) is 9.68. The summed E-state index contributed by atoms with van der Waals surface area (Å²) in [4.78, 5) is 2.40. The van der Waals surface area contributed by atoms with Crippen LogP contribution < -0.4 is 10.6 Å². The van der Waals surface area contributed by atoms with E-state index < -0.39 is 0 Å². The van der Waals surface area contributed by atoms with E-state index in [4.69, 9.17) is 5.73 Å². The molecule has 0 saturated heterocycles. The molecule has 0 unspecified atom stereocenters. The molecule has 2 aromatic carbocycles. The van der Waals surface area contributed by atoms with Crippen LogP contribution in [0.4, 0.5) is 5.69 Å². The van der Waals surface area contributed by atoms with Gasteiger partial charge in [-0.2, -0.15) is 0 Å². The highest BCUT2D eigenvalue weighted by Crippen LogP contribution is 2.19. The minimum atomic E-state index is 0.585. The average Bonchev–Trinajstić information content (AvgIpc) is 2.52. The van der Waals surface area contributed by atoms with Crippen molar-refractivity contribution in [1.29, 1.82) is 0 Å². The van der Waals surface area contributed by atoms with E-state index >= 15 is 0 Å². The van der Waals surface area contributed by atoms with Gasteiger partial charge in [0, 0.05) is 18.8 Å². The molecule has 0 amide bonds. The number of hydrogen-bond donors (Lipinski definition) is 1. The van der Waals surface area contributed by atoms with E-state index in [0.29, 0.717) is 5.92 Å². The molecule has 0 aliphatic rings. The van der Waals surface area contributed by atoms with Crippen molar-refractivity contribution in [2.24, 2.45) is 5.73 Å². The third-order valence-electron chi connectivity index (χ3n) is 3.77. The first-order valence-corrected chi connectivity index (χ1v) is 7.79. The molecule has 0 aliphatic heterocycles. The van der Waals surface area contributed by atoms with Crippen LogP contribution in [0.15, 0.2) is 54.6 Å². The molecule has 0 atom stereocenters. The second-order valence-electron chi connectivity index (χ2n) is 5.80. The largest absolute Gasteiger partial charge is 0.367 e. The van der Waals surface area contributed by atoms with Gasteiger partial charge in [-0.1, -0.05) is 56.3 Å². The molecule has 0 fully saturated rings. The van der Waals surface area contributed by atoms with Gasteiger partial charge in [-0.25, -0.2) is 0 Å². The zero-order valence-corrected chi connectivity index (χ0v) is 13.1. The normalized spacial score (nSPS) is 10.9. The van der Waals surface area contributed by atoms with E-state index in [2.05, 4.69) is 73.3 Å². The van der Waals surface area contributed by atoms with E-state index in [9.17, 15) is 0 Å². The maximum Gasteiger partial charge on any atom is 0.0429 e. The van der Waals surface area contributed by atoms with Gasteiger partial charge in [-0.15, -0.1) is 0 Å².